The Hall–Kier alpha value is -3.51. The number of ether oxygens (including phenoxy) is 2. The average molecular weight is 385 g/mol. The summed E-state index contributed by atoms with van der Waals surface area (Å²) >= 11 is 0. The highest BCUT2D eigenvalue weighted by Gasteiger charge is 2.33. The molecule has 2 aromatic heterocycles. The van der Waals surface area contributed by atoms with E-state index in [9.17, 15) is 4.79 Å². The van der Waals surface area contributed by atoms with Crippen molar-refractivity contribution in [3.05, 3.63) is 88.7 Å². The first kappa shape index (κ1) is 17.6. The maximum absolute atomic E-state index is 12.9. The fraction of sp³-hybridized carbons (Fsp3) is 0.174. The fourth-order valence-corrected chi connectivity index (χ4v) is 3.76. The molecule has 144 valence electrons. The van der Waals surface area contributed by atoms with E-state index in [4.69, 9.17) is 9.47 Å². The molecule has 0 N–H and O–H groups in total. The van der Waals surface area contributed by atoms with Crippen LogP contribution in [0.2, 0.25) is 0 Å². The van der Waals surface area contributed by atoms with Crippen LogP contribution in [0.1, 0.15) is 32.6 Å². The number of hydrogen-bond acceptors (Lipinski definition) is 6. The molecule has 2 aliphatic rings. The Kier molecular flexibility index (Phi) is 4.33. The minimum Gasteiger partial charge on any atom is -0.477 e. The molecular weight excluding hydrogens is 366 g/mol. The van der Waals surface area contributed by atoms with E-state index in [1.54, 1.807) is 24.7 Å². The van der Waals surface area contributed by atoms with Gasteiger partial charge in [-0.15, -0.1) is 0 Å². The van der Waals surface area contributed by atoms with Crippen LogP contribution < -0.4 is 9.47 Å². The van der Waals surface area contributed by atoms with Crippen LogP contribution in [0.5, 0.6) is 11.5 Å². The number of carbonyl (C=O) groups excluding carboxylic acids is 1. The van der Waals surface area contributed by atoms with Gasteiger partial charge in [0.15, 0.2) is 5.76 Å². The van der Waals surface area contributed by atoms with E-state index in [1.807, 2.05) is 43.5 Å². The second-order valence-corrected chi connectivity index (χ2v) is 7.21. The van der Waals surface area contributed by atoms with E-state index >= 15 is 0 Å². The van der Waals surface area contributed by atoms with Gasteiger partial charge in [-0.2, -0.15) is 0 Å². The minimum absolute atomic E-state index is 0.112. The topological polar surface area (TPSA) is 64.5 Å². The van der Waals surface area contributed by atoms with Gasteiger partial charge >= 0.3 is 0 Å². The fourth-order valence-electron chi connectivity index (χ4n) is 3.76. The summed E-state index contributed by atoms with van der Waals surface area (Å²) in [5, 5.41) is 0. The SMILES string of the molecule is Cc1c2c(cc3c1O/C(=C\c1cccnc1)C3=O)CN(Cc1cccnc1)CO2. The van der Waals surface area contributed by atoms with Crippen molar-refractivity contribution in [1.29, 1.82) is 0 Å². The number of aromatic nitrogens is 2. The standard InChI is InChI=1S/C23H19N3O3/c1-15-22-18(13-26(14-28-22)12-17-5-3-7-25-11-17)9-19-21(27)20(29-23(15)19)8-16-4-2-6-24-10-16/h2-11H,12-14H2,1H3/b20-8-. The van der Waals surface area contributed by atoms with Crippen LogP contribution in [-0.2, 0) is 13.1 Å². The third kappa shape index (κ3) is 3.28. The summed E-state index contributed by atoms with van der Waals surface area (Å²) in [5.41, 5.74) is 4.39. The van der Waals surface area contributed by atoms with Gasteiger partial charge in [-0.25, -0.2) is 0 Å². The molecule has 0 bridgehead atoms. The second-order valence-electron chi connectivity index (χ2n) is 7.21. The number of nitrogens with zero attached hydrogens (tertiary/aromatic N) is 3. The maximum Gasteiger partial charge on any atom is 0.231 e. The number of benzene rings is 1. The van der Waals surface area contributed by atoms with E-state index in [1.165, 1.54) is 0 Å². The Morgan fingerprint density at radius 1 is 1.14 bits per heavy atom. The summed E-state index contributed by atoms with van der Waals surface area (Å²) in [6, 6.07) is 9.59. The summed E-state index contributed by atoms with van der Waals surface area (Å²) in [5.74, 6) is 1.59. The molecule has 0 radical (unpaired) electrons. The highest BCUT2D eigenvalue weighted by molar-refractivity contribution is 6.15. The minimum atomic E-state index is -0.112. The van der Waals surface area contributed by atoms with Crippen molar-refractivity contribution in [2.24, 2.45) is 0 Å². The van der Waals surface area contributed by atoms with E-state index in [2.05, 4.69) is 14.9 Å². The number of allylic oxidation sites excluding steroid dienone is 1. The van der Waals surface area contributed by atoms with Crippen LogP contribution in [0.25, 0.3) is 6.08 Å². The molecule has 0 aliphatic carbocycles. The molecule has 4 heterocycles. The van der Waals surface area contributed by atoms with Crippen molar-refractivity contribution < 1.29 is 14.3 Å². The number of pyridine rings is 2. The van der Waals surface area contributed by atoms with Gasteiger partial charge in [-0.1, -0.05) is 12.1 Å². The Bertz CT molecular complexity index is 1110. The average Bonchev–Trinajstić information content (AvgIpc) is 3.05. The summed E-state index contributed by atoms with van der Waals surface area (Å²) in [6.45, 7) is 3.86. The number of fused-ring (bicyclic) bond motifs is 2. The number of carbonyl (C=O) groups is 1. The predicted molar refractivity (Wildman–Crippen MR) is 107 cm³/mol. The molecule has 0 fully saturated rings. The molecular formula is C23H19N3O3. The number of hydrogen-bond donors (Lipinski definition) is 0. The number of rotatable bonds is 3. The first-order valence-corrected chi connectivity index (χ1v) is 9.44. The van der Waals surface area contributed by atoms with E-state index < -0.39 is 0 Å². The second kappa shape index (κ2) is 7.14. The van der Waals surface area contributed by atoms with Gasteiger partial charge in [-0.05, 0) is 42.3 Å². The van der Waals surface area contributed by atoms with Crippen molar-refractivity contribution in [2.45, 2.75) is 20.0 Å². The quantitative estimate of drug-likeness (QED) is 0.640. The van der Waals surface area contributed by atoms with E-state index in [0.29, 0.717) is 30.3 Å². The molecule has 0 spiro atoms. The van der Waals surface area contributed by atoms with Gasteiger partial charge in [0.05, 0.1) is 5.56 Å². The molecule has 0 saturated carbocycles. The first-order valence-electron chi connectivity index (χ1n) is 9.44. The third-order valence-corrected chi connectivity index (χ3v) is 5.11. The predicted octanol–water partition coefficient (Wildman–Crippen LogP) is 3.75. The lowest BCUT2D eigenvalue weighted by Crippen LogP contribution is -2.32. The van der Waals surface area contributed by atoms with Crippen LogP contribution in [0.15, 0.2) is 60.9 Å². The molecule has 0 unspecified atom stereocenters. The summed E-state index contributed by atoms with van der Waals surface area (Å²) in [6.07, 6.45) is 8.74. The third-order valence-electron chi connectivity index (χ3n) is 5.11. The van der Waals surface area contributed by atoms with Gasteiger partial charge in [0.1, 0.15) is 18.2 Å². The first-order chi connectivity index (χ1) is 14.2. The van der Waals surface area contributed by atoms with E-state index in [0.717, 1.165) is 34.5 Å². The lowest BCUT2D eigenvalue weighted by molar-refractivity contribution is 0.0876. The molecule has 6 nitrogen and oxygen atoms in total. The summed E-state index contributed by atoms with van der Waals surface area (Å²) in [7, 11) is 0. The highest BCUT2D eigenvalue weighted by atomic mass is 16.5. The van der Waals surface area contributed by atoms with Crippen LogP contribution in [0.3, 0.4) is 0 Å². The van der Waals surface area contributed by atoms with Gasteiger partial charge in [0.2, 0.25) is 5.78 Å². The zero-order valence-corrected chi connectivity index (χ0v) is 16.0. The van der Waals surface area contributed by atoms with Crippen molar-refractivity contribution >= 4 is 11.9 Å². The van der Waals surface area contributed by atoms with Crippen LogP contribution >= 0.6 is 0 Å². The molecule has 1 aromatic carbocycles. The monoisotopic (exact) mass is 385 g/mol. The van der Waals surface area contributed by atoms with E-state index in [-0.39, 0.29) is 5.78 Å². The van der Waals surface area contributed by atoms with Gasteiger partial charge < -0.3 is 9.47 Å². The summed E-state index contributed by atoms with van der Waals surface area (Å²) in [4.78, 5) is 23.4. The molecule has 3 aromatic rings. The molecule has 5 rings (SSSR count). The molecule has 0 saturated heterocycles. The molecule has 6 heteroatoms. The Morgan fingerprint density at radius 2 is 1.97 bits per heavy atom. The smallest absolute Gasteiger partial charge is 0.231 e. The largest absolute Gasteiger partial charge is 0.477 e. The van der Waals surface area contributed by atoms with Crippen LogP contribution in [0, 0.1) is 6.92 Å². The summed E-state index contributed by atoms with van der Waals surface area (Å²) < 4.78 is 12.0. The maximum atomic E-state index is 12.9. The Labute approximate surface area is 168 Å². The van der Waals surface area contributed by atoms with Gasteiger partial charge in [0, 0.05) is 49.0 Å². The zero-order valence-electron chi connectivity index (χ0n) is 16.0. The molecule has 29 heavy (non-hydrogen) atoms. The molecule has 0 atom stereocenters. The van der Waals surface area contributed by atoms with Crippen LogP contribution in [-0.4, -0.2) is 27.4 Å². The van der Waals surface area contributed by atoms with Crippen molar-refractivity contribution in [1.82, 2.24) is 14.9 Å². The normalized spacial score (nSPS) is 16.9. The Morgan fingerprint density at radius 3 is 2.72 bits per heavy atom. The lowest BCUT2D eigenvalue weighted by Gasteiger charge is -2.30. The van der Waals surface area contributed by atoms with Crippen molar-refractivity contribution in [3.8, 4) is 11.5 Å². The Balaban J connectivity index is 1.44. The molecule has 2 aliphatic heterocycles. The van der Waals surface area contributed by atoms with Crippen LogP contribution in [0.4, 0.5) is 0 Å². The zero-order chi connectivity index (χ0) is 19.8. The van der Waals surface area contributed by atoms with Crippen molar-refractivity contribution in [3.63, 3.8) is 0 Å². The lowest BCUT2D eigenvalue weighted by atomic mass is 10.00. The van der Waals surface area contributed by atoms with Gasteiger partial charge in [0.25, 0.3) is 0 Å². The number of Topliss-reactive ketones (excluding diaryl/α,β-unsaturated/α-hetero) is 1. The molecule has 0 amide bonds. The number of ketones is 1. The van der Waals surface area contributed by atoms with Gasteiger partial charge in [-0.3, -0.25) is 19.7 Å². The highest BCUT2D eigenvalue weighted by Crippen LogP contribution is 2.43. The van der Waals surface area contributed by atoms with Crippen molar-refractivity contribution in [2.75, 3.05) is 6.73 Å².